The third-order valence-electron chi connectivity index (χ3n) is 0.772. The van der Waals surface area contributed by atoms with Crippen LogP contribution in [0.2, 0.25) is 0 Å². The van der Waals surface area contributed by atoms with Crippen molar-refractivity contribution in [2.24, 2.45) is 5.92 Å². The molecule has 0 aliphatic rings. The molecule has 0 rings (SSSR count). The average Bonchev–Trinajstić information content (AvgIpc) is 1.65. The zero-order valence-corrected chi connectivity index (χ0v) is 5.41. The summed E-state index contributed by atoms with van der Waals surface area (Å²) in [7, 11) is 0. The predicted octanol–water partition coefficient (Wildman–Crippen LogP) is 1.75. The van der Waals surface area contributed by atoms with E-state index in [0.717, 1.165) is 0 Å². The number of rotatable bonds is 3. The second-order valence-electron chi connectivity index (χ2n) is 1.82. The second-order valence-corrected chi connectivity index (χ2v) is 2.24. The highest BCUT2D eigenvalue weighted by atomic mass is 35.5. The topological polar surface area (TPSA) is 17.1 Å². The van der Waals surface area contributed by atoms with E-state index in [4.69, 9.17) is 11.6 Å². The molecule has 0 heterocycles. The molecule has 0 bridgehead atoms. The SMILES string of the molecule is CC(CF)CC(=O)Cl. The molecule has 0 aliphatic heterocycles. The molecule has 0 aromatic rings. The van der Waals surface area contributed by atoms with E-state index in [2.05, 4.69) is 0 Å². The fourth-order valence-corrected chi connectivity index (χ4v) is 0.592. The van der Waals surface area contributed by atoms with Crippen LogP contribution in [0.3, 0.4) is 0 Å². The number of halogens is 2. The van der Waals surface area contributed by atoms with Gasteiger partial charge in [0.2, 0.25) is 5.24 Å². The molecular formula is C5H8ClFO. The van der Waals surface area contributed by atoms with E-state index < -0.39 is 11.9 Å². The van der Waals surface area contributed by atoms with Crippen LogP contribution in [-0.2, 0) is 4.79 Å². The largest absolute Gasteiger partial charge is 0.281 e. The Bertz CT molecular complexity index is 84.5. The summed E-state index contributed by atoms with van der Waals surface area (Å²) in [6.07, 6.45) is 0.137. The van der Waals surface area contributed by atoms with E-state index in [1.807, 2.05) is 0 Å². The Labute approximate surface area is 52.8 Å². The summed E-state index contributed by atoms with van der Waals surface area (Å²) in [5.74, 6) is -0.222. The molecule has 0 spiro atoms. The Hall–Kier alpha value is -0.110. The minimum atomic E-state index is -0.474. The molecule has 0 fully saturated rings. The van der Waals surface area contributed by atoms with Gasteiger partial charge in [0.25, 0.3) is 0 Å². The van der Waals surface area contributed by atoms with E-state index in [-0.39, 0.29) is 12.3 Å². The molecule has 1 nitrogen and oxygen atoms in total. The van der Waals surface area contributed by atoms with Crippen molar-refractivity contribution in [3.05, 3.63) is 0 Å². The Morgan fingerprint density at radius 2 is 2.38 bits per heavy atom. The van der Waals surface area contributed by atoms with Crippen molar-refractivity contribution < 1.29 is 9.18 Å². The van der Waals surface area contributed by atoms with Gasteiger partial charge in [-0.15, -0.1) is 0 Å². The van der Waals surface area contributed by atoms with E-state index in [9.17, 15) is 9.18 Å². The Kier molecular flexibility index (Phi) is 3.79. The van der Waals surface area contributed by atoms with Crippen LogP contribution < -0.4 is 0 Å². The summed E-state index contributed by atoms with van der Waals surface area (Å²) in [6, 6.07) is 0. The average molecular weight is 139 g/mol. The first-order valence-corrected chi connectivity index (χ1v) is 2.79. The van der Waals surface area contributed by atoms with Crippen molar-refractivity contribution >= 4 is 16.8 Å². The van der Waals surface area contributed by atoms with Gasteiger partial charge in [-0.2, -0.15) is 0 Å². The van der Waals surface area contributed by atoms with Crippen molar-refractivity contribution in [2.45, 2.75) is 13.3 Å². The molecule has 0 saturated heterocycles. The van der Waals surface area contributed by atoms with Crippen molar-refractivity contribution in [1.82, 2.24) is 0 Å². The molecule has 0 radical (unpaired) electrons. The van der Waals surface area contributed by atoms with Gasteiger partial charge in [0.05, 0.1) is 6.67 Å². The summed E-state index contributed by atoms with van der Waals surface area (Å²) in [4.78, 5) is 10.0. The lowest BCUT2D eigenvalue weighted by atomic mass is 10.1. The quantitative estimate of drug-likeness (QED) is 0.543. The van der Waals surface area contributed by atoms with Crippen molar-refractivity contribution in [1.29, 1.82) is 0 Å². The molecule has 0 saturated carbocycles. The van der Waals surface area contributed by atoms with E-state index in [0.29, 0.717) is 0 Å². The lowest BCUT2D eigenvalue weighted by Crippen LogP contribution is -2.00. The molecule has 8 heavy (non-hydrogen) atoms. The van der Waals surface area contributed by atoms with Gasteiger partial charge in [-0.3, -0.25) is 9.18 Å². The molecule has 1 atom stereocenters. The van der Waals surface area contributed by atoms with Crippen molar-refractivity contribution in [3.63, 3.8) is 0 Å². The molecular weight excluding hydrogens is 131 g/mol. The normalized spacial score (nSPS) is 13.4. The molecule has 0 aromatic carbocycles. The Balaban J connectivity index is 3.24. The fourth-order valence-electron chi connectivity index (χ4n) is 0.329. The number of hydrogen-bond donors (Lipinski definition) is 0. The van der Waals surface area contributed by atoms with Gasteiger partial charge in [-0.1, -0.05) is 6.92 Å². The standard InChI is InChI=1S/C5H8ClFO/c1-4(3-7)2-5(6)8/h4H,2-3H2,1H3. The molecule has 0 aromatic heterocycles. The minimum Gasteiger partial charge on any atom is -0.281 e. The monoisotopic (exact) mass is 138 g/mol. The van der Waals surface area contributed by atoms with Crippen LogP contribution in [-0.4, -0.2) is 11.9 Å². The van der Waals surface area contributed by atoms with E-state index in [1.54, 1.807) is 6.92 Å². The fraction of sp³-hybridized carbons (Fsp3) is 0.800. The van der Waals surface area contributed by atoms with Gasteiger partial charge in [0.15, 0.2) is 0 Å². The van der Waals surface area contributed by atoms with Gasteiger partial charge in [-0.05, 0) is 17.5 Å². The maximum Gasteiger partial charge on any atom is 0.221 e. The summed E-state index contributed by atoms with van der Waals surface area (Å²) in [5.41, 5.74) is 0. The van der Waals surface area contributed by atoms with Crippen LogP contribution in [0.25, 0.3) is 0 Å². The lowest BCUT2D eigenvalue weighted by Gasteiger charge is -1.98. The maximum atomic E-state index is 11.5. The molecule has 0 N–H and O–H groups in total. The number of carbonyl (C=O) groups excluding carboxylic acids is 1. The highest BCUT2D eigenvalue weighted by molar-refractivity contribution is 6.63. The van der Waals surface area contributed by atoms with Crippen molar-refractivity contribution in [3.8, 4) is 0 Å². The first-order chi connectivity index (χ1) is 3.66. The Morgan fingerprint density at radius 1 is 1.88 bits per heavy atom. The number of alkyl halides is 1. The summed E-state index contributed by atoms with van der Waals surface area (Å²) < 4.78 is 11.5. The van der Waals surface area contributed by atoms with Gasteiger partial charge >= 0.3 is 0 Å². The summed E-state index contributed by atoms with van der Waals surface area (Å²) in [5, 5.41) is -0.463. The highest BCUT2D eigenvalue weighted by Crippen LogP contribution is 2.03. The summed E-state index contributed by atoms with van der Waals surface area (Å²) >= 11 is 4.95. The number of carbonyl (C=O) groups is 1. The second kappa shape index (κ2) is 3.84. The van der Waals surface area contributed by atoms with E-state index >= 15 is 0 Å². The third-order valence-corrected chi connectivity index (χ3v) is 0.927. The number of hydrogen-bond acceptors (Lipinski definition) is 1. The van der Waals surface area contributed by atoms with Crippen LogP contribution in [0.5, 0.6) is 0 Å². The molecule has 0 aliphatic carbocycles. The zero-order chi connectivity index (χ0) is 6.57. The van der Waals surface area contributed by atoms with Crippen LogP contribution in [0.1, 0.15) is 13.3 Å². The minimum absolute atomic E-state index is 0.137. The van der Waals surface area contributed by atoms with Gasteiger partial charge in [-0.25, -0.2) is 0 Å². The first kappa shape index (κ1) is 7.89. The lowest BCUT2D eigenvalue weighted by molar-refractivity contribution is -0.112. The molecule has 0 amide bonds. The molecule has 1 unspecified atom stereocenters. The van der Waals surface area contributed by atoms with Crippen LogP contribution in [0.15, 0.2) is 0 Å². The molecule has 48 valence electrons. The molecule has 3 heteroatoms. The van der Waals surface area contributed by atoms with Crippen LogP contribution in [0.4, 0.5) is 4.39 Å². The smallest absolute Gasteiger partial charge is 0.221 e. The van der Waals surface area contributed by atoms with Gasteiger partial charge < -0.3 is 0 Å². The zero-order valence-electron chi connectivity index (χ0n) is 4.66. The maximum absolute atomic E-state index is 11.5. The van der Waals surface area contributed by atoms with Crippen molar-refractivity contribution in [2.75, 3.05) is 6.67 Å². The van der Waals surface area contributed by atoms with Crippen LogP contribution >= 0.6 is 11.6 Å². The summed E-state index contributed by atoms with van der Waals surface area (Å²) in [6.45, 7) is 1.17. The third kappa shape index (κ3) is 4.06. The van der Waals surface area contributed by atoms with Gasteiger partial charge in [0, 0.05) is 6.42 Å². The van der Waals surface area contributed by atoms with E-state index in [1.165, 1.54) is 0 Å². The first-order valence-electron chi connectivity index (χ1n) is 2.41. The predicted molar refractivity (Wildman–Crippen MR) is 30.6 cm³/mol. The highest BCUT2D eigenvalue weighted by Gasteiger charge is 2.04. The van der Waals surface area contributed by atoms with Crippen LogP contribution in [0, 0.1) is 5.92 Å². The Morgan fingerprint density at radius 3 is 2.50 bits per heavy atom. The van der Waals surface area contributed by atoms with Gasteiger partial charge in [0.1, 0.15) is 0 Å².